The van der Waals surface area contributed by atoms with Crippen LogP contribution in [0, 0.1) is 0 Å². The van der Waals surface area contributed by atoms with E-state index in [1.54, 1.807) is 30.3 Å². The van der Waals surface area contributed by atoms with Gasteiger partial charge in [0.15, 0.2) is 0 Å². The Balaban J connectivity index is 1.29. The van der Waals surface area contributed by atoms with Gasteiger partial charge in [0.05, 0.1) is 15.6 Å². The lowest BCUT2D eigenvalue weighted by Crippen LogP contribution is -2.02. The van der Waals surface area contributed by atoms with Crippen LogP contribution in [-0.4, -0.2) is 21.2 Å². The molecule has 2 heterocycles. The van der Waals surface area contributed by atoms with Crippen LogP contribution in [0.1, 0.15) is 40.4 Å². The lowest BCUT2D eigenvalue weighted by atomic mass is 10.0. The second-order valence-electron chi connectivity index (χ2n) is 8.94. The largest absolute Gasteiger partial charge is 0.489 e. The number of rotatable bonds is 8. The average Bonchev–Trinajstić information content (AvgIpc) is 3.68. The SMILES string of the molecule is O=C(O)c1cccnc1Oc1cccc2cc(OCc3c(-c4c(Cl)cccc4Cl)noc3C3CC3)ccc12. The fourth-order valence-corrected chi connectivity index (χ4v) is 4.93. The molecule has 1 aliphatic carbocycles. The molecule has 0 aliphatic heterocycles. The van der Waals surface area contributed by atoms with Crippen LogP contribution in [0.25, 0.3) is 22.0 Å². The Hall–Kier alpha value is -4.07. The number of carbonyl (C=O) groups is 1. The normalized spacial score (nSPS) is 13.0. The summed E-state index contributed by atoms with van der Waals surface area (Å²) in [6.45, 7) is 0.226. The van der Waals surface area contributed by atoms with Crippen molar-refractivity contribution in [2.24, 2.45) is 0 Å². The number of hydrogen-bond donors (Lipinski definition) is 1. The summed E-state index contributed by atoms with van der Waals surface area (Å²) in [4.78, 5) is 15.6. The molecule has 0 unspecified atom stereocenters. The molecule has 0 radical (unpaired) electrons. The Morgan fingerprint density at radius 1 is 1.03 bits per heavy atom. The highest BCUT2D eigenvalue weighted by Gasteiger charge is 2.33. The van der Waals surface area contributed by atoms with E-state index in [0.717, 1.165) is 34.9 Å². The minimum Gasteiger partial charge on any atom is -0.489 e. The number of ether oxygens (including phenoxy) is 2. The zero-order valence-corrected chi connectivity index (χ0v) is 21.4. The number of benzene rings is 3. The molecule has 1 N–H and O–H groups in total. The van der Waals surface area contributed by atoms with Crippen LogP contribution in [0.5, 0.6) is 17.4 Å². The van der Waals surface area contributed by atoms with Gasteiger partial charge < -0.3 is 19.1 Å². The molecule has 190 valence electrons. The number of carboxylic acid groups (broad SMARTS) is 1. The predicted octanol–water partition coefficient (Wildman–Crippen LogP) is 8.14. The molecule has 1 fully saturated rings. The van der Waals surface area contributed by atoms with E-state index in [9.17, 15) is 9.90 Å². The first-order valence-electron chi connectivity index (χ1n) is 11.9. The lowest BCUT2D eigenvalue weighted by Gasteiger charge is -2.12. The summed E-state index contributed by atoms with van der Waals surface area (Å²) in [6.07, 6.45) is 3.57. The van der Waals surface area contributed by atoms with Gasteiger partial charge in [-0.15, -0.1) is 0 Å². The minimum atomic E-state index is -1.11. The van der Waals surface area contributed by atoms with E-state index in [4.69, 9.17) is 37.2 Å². The van der Waals surface area contributed by atoms with Gasteiger partial charge in [-0.05, 0) is 66.8 Å². The molecule has 0 atom stereocenters. The molecule has 1 saturated carbocycles. The third-order valence-corrected chi connectivity index (χ3v) is 7.00. The molecule has 38 heavy (non-hydrogen) atoms. The zero-order chi connectivity index (χ0) is 26.2. The highest BCUT2D eigenvalue weighted by atomic mass is 35.5. The van der Waals surface area contributed by atoms with Gasteiger partial charge >= 0.3 is 5.97 Å². The number of aromatic nitrogens is 2. The Bertz CT molecular complexity index is 1660. The van der Waals surface area contributed by atoms with Crippen molar-refractivity contribution in [1.82, 2.24) is 10.1 Å². The molecule has 3 aromatic carbocycles. The summed E-state index contributed by atoms with van der Waals surface area (Å²) in [6, 6.07) is 19.4. The second-order valence-corrected chi connectivity index (χ2v) is 9.75. The highest BCUT2D eigenvalue weighted by Crippen LogP contribution is 2.46. The van der Waals surface area contributed by atoms with Crippen molar-refractivity contribution >= 4 is 39.9 Å². The maximum Gasteiger partial charge on any atom is 0.341 e. The molecular formula is C29H20Cl2N2O5. The van der Waals surface area contributed by atoms with Crippen LogP contribution in [0.15, 0.2) is 77.4 Å². The number of nitrogens with zero attached hydrogens (tertiary/aromatic N) is 2. The summed E-state index contributed by atoms with van der Waals surface area (Å²) in [5, 5.41) is 16.4. The van der Waals surface area contributed by atoms with Gasteiger partial charge in [0.1, 0.15) is 35.1 Å². The predicted molar refractivity (Wildman–Crippen MR) is 143 cm³/mol. The van der Waals surface area contributed by atoms with Crippen LogP contribution in [0.4, 0.5) is 0 Å². The van der Waals surface area contributed by atoms with Crippen molar-refractivity contribution in [3.8, 4) is 28.6 Å². The monoisotopic (exact) mass is 546 g/mol. The van der Waals surface area contributed by atoms with Crippen LogP contribution < -0.4 is 9.47 Å². The highest BCUT2D eigenvalue weighted by molar-refractivity contribution is 6.39. The molecule has 0 amide bonds. The molecule has 6 rings (SSSR count). The number of carboxylic acids is 1. The van der Waals surface area contributed by atoms with Crippen molar-refractivity contribution < 1.29 is 23.9 Å². The number of hydrogen-bond acceptors (Lipinski definition) is 6. The van der Waals surface area contributed by atoms with Crippen molar-refractivity contribution in [3.05, 3.63) is 99.9 Å². The molecule has 0 spiro atoms. The molecule has 5 aromatic rings. The Kier molecular flexibility index (Phi) is 6.39. The summed E-state index contributed by atoms with van der Waals surface area (Å²) >= 11 is 12.9. The van der Waals surface area contributed by atoms with Crippen molar-refractivity contribution in [1.29, 1.82) is 0 Å². The maximum atomic E-state index is 11.5. The molecular weight excluding hydrogens is 527 g/mol. The van der Waals surface area contributed by atoms with Gasteiger partial charge in [0.25, 0.3) is 0 Å². The first-order valence-corrected chi connectivity index (χ1v) is 12.7. The smallest absolute Gasteiger partial charge is 0.341 e. The Labute approximate surface area is 227 Å². The molecule has 0 saturated heterocycles. The van der Waals surface area contributed by atoms with Gasteiger partial charge in [0, 0.05) is 23.1 Å². The standard InChI is InChI=1S/C29H20Cl2N2O5/c30-22-6-2-7-23(31)25(22)26-21(27(38-33-26)16-9-10-16)15-36-18-11-12-19-17(14-18)4-1-8-24(19)37-28-20(29(34)35)5-3-13-32-28/h1-8,11-14,16H,9-10,15H2,(H,34,35). The van der Waals surface area contributed by atoms with Gasteiger partial charge in [-0.3, -0.25) is 0 Å². The Morgan fingerprint density at radius 2 is 1.82 bits per heavy atom. The summed E-state index contributed by atoms with van der Waals surface area (Å²) in [7, 11) is 0. The summed E-state index contributed by atoms with van der Waals surface area (Å²) in [5.41, 5.74) is 2.03. The maximum absolute atomic E-state index is 11.5. The van der Waals surface area contributed by atoms with Crippen molar-refractivity contribution in [2.75, 3.05) is 0 Å². The zero-order valence-electron chi connectivity index (χ0n) is 19.9. The van der Waals surface area contributed by atoms with E-state index < -0.39 is 5.97 Å². The van der Waals surface area contributed by atoms with E-state index in [1.807, 2.05) is 30.3 Å². The summed E-state index contributed by atoms with van der Waals surface area (Å²) in [5.74, 6) is 1.16. The van der Waals surface area contributed by atoms with Gasteiger partial charge in [-0.2, -0.15) is 0 Å². The fraction of sp³-hybridized carbons (Fsp3) is 0.138. The lowest BCUT2D eigenvalue weighted by molar-refractivity contribution is 0.0693. The molecule has 7 nitrogen and oxygen atoms in total. The number of halogens is 2. The molecule has 0 bridgehead atoms. The topological polar surface area (TPSA) is 94.7 Å². The third-order valence-electron chi connectivity index (χ3n) is 6.37. The van der Waals surface area contributed by atoms with Crippen LogP contribution in [0.3, 0.4) is 0 Å². The van der Waals surface area contributed by atoms with Gasteiger partial charge in [-0.25, -0.2) is 9.78 Å². The number of aromatic carboxylic acids is 1. The van der Waals surface area contributed by atoms with Crippen molar-refractivity contribution in [2.45, 2.75) is 25.4 Å². The minimum absolute atomic E-state index is 0.0147. The van der Waals surface area contributed by atoms with Crippen LogP contribution in [-0.2, 0) is 6.61 Å². The second kappa shape index (κ2) is 10.0. The first-order chi connectivity index (χ1) is 18.5. The fourth-order valence-electron chi connectivity index (χ4n) is 4.35. The molecule has 1 aliphatic rings. The van der Waals surface area contributed by atoms with Crippen LogP contribution in [0.2, 0.25) is 10.0 Å². The van der Waals surface area contributed by atoms with Gasteiger partial charge in [0.2, 0.25) is 5.88 Å². The Morgan fingerprint density at radius 3 is 2.58 bits per heavy atom. The van der Waals surface area contributed by atoms with E-state index in [2.05, 4.69) is 10.1 Å². The van der Waals surface area contributed by atoms with E-state index in [1.165, 1.54) is 12.3 Å². The molecule has 9 heteroatoms. The van der Waals surface area contributed by atoms with E-state index in [-0.39, 0.29) is 18.1 Å². The van der Waals surface area contributed by atoms with Crippen LogP contribution >= 0.6 is 23.2 Å². The van der Waals surface area contributed by atoms with E-state index in [0.29, 0.717) is 38.7 Å². The third kappa shape index (κ3) is 4.66. The van der Waals surface area contributed by atoms with E-state index >= 15 is 0 Å². The van der Waals surface area contributed by atoms with Crippen molar-refractivity contribution in [3.63, 3.8) is 0 Å². The average molecular weight is 547 g/mol. The first kappa shape index (κ1) is 24.3. The molecule has 2 aromatic heterocycles. The summed E-state index contributed by atoms with van der Waals surface area (Å²) < 4.78 is 17.8. The number of fused-ring (bicyclic) bond motifs is 1. The number of pyridine rings is 1. The quantitative estimate of drug-likeness (QED) is 0.210. The van der Waals surface area contributed by atoms with Gasteiger partial charge in [-0.1, -0.05) is 46.6 Å².